The van der Waals surface area contributed by atoms with Gasteiger partial charge in [0.05, 0.1) is 24.8 Å². The third-order valence-electron chi connectivity index (χ3n) is 3.69. The third kappa shape index (κ3) is 6.93. The van der Waals surface area contributed by atoms with Gasteiger partial charge < -0.3 is 20.1 Å². The van der Waals surface area contributed by atoms with Crippen LogP contribution >= 0.6 is 11.6 Å². The van der Waals surface area contributed by atoms with Gasteiger partial charge in [0.15, 0.2) is 6.61 Å². The zero-order valence-corrected chi connectivity index (χ0v) is 16.3. The van der Waals surface area contributed by atoms with Gasteiger partial charge in [-0.25, -0.2) is 4.79 Å². The van der Waals surface area contributed by atoms with Gasteiger partial charge in [-0.15, -0.1) is 0 Å². The number of anilines is 1. The van der Waals surface area contributed by atoms with Crippen LogP contribution in [0.2, 0.25) is 5.02 Å². The van der Waals surface area contributed by atoms with E-state index in [1.807, 2.05) is 0 Å². The molecule has 0 aliphatic carbocycles. The molecule has 9 heteroatoms. The zero-order valence-electron chi connectivity index (χ0n) is 15.6. The lowest BCUT2D eigenvalue weighted by atomic mass is 10.2. The summed E-state index contributed by atoms with van der Waals surface area (Å²) in [4.78, 5) is 47.3. The molecule has 2 amide bonds. The first-order chi connectivity index (χ1) is 13.9. The normalized spacial score (nSPS) is 10.0. The highest BCUT2D eigenvalue weighted by Gasteiger charge is 2.14. The molecule has 2 aromatic rings. The molecule has 0 radical (unpaired) electrons. The summed E-state index contributed by atoms with van der Waals surface area (Å²) in [6, 6.07) is 12.6. The maximum atomic E-state index is 12.0. The molecular formula is C20H19ClN2O6. The van der Waals surface area contributed by atoms with E-state index in [9.17, 15) is 19.2 Å². The highest BCUT2D eigenvalue weighted by molar-refractivity contribution is 6.30. The molecule has 2 rings (SSSR count). The predicted molar refractivity (Wildman–Crippen MR) is 106 cm³/mol. The Bertz CT molecular complexity index is 898. The predicted octanol–water partition coefficient (Wildman–Crippen LogP) is 2.43. The summed E-state index contributed by atoms with van der Waals surface area (Å²) < 4.78 is 9.51. The second-order valence-corrected chi connectivity index (χ2v) is 6.20. The quantitative estimate of drug-likeness (QED) is 0.637. The molecule has 0 bridgehead atoms. The Morgan fingerprint density at radius 1 is 1.00 bits per heavy atom. The maximum absolute atomic E-state index is 12.0. The molecule has 152 valence electrons. The SMILES string of the molecule is COC(=O)c1ccccc1NC(=O)COC(=O)CCNC(=O)c1ccc(Cl)cc1. The summed E-state index contributed by atoms with van der Waals surface area (Å²) in [7, 11) is 1.23. The molecule has 0 atom stereocenters. The molecule has 0 aromatic heterocycles. The minimum atomic E-state index is -0.655. The van der Waals surface area contributed by atoms with Crippen LogP contribution in [0.1, 0.15) is 27.1 Å². The van der Waals surface area contributed by atoms with Crippen LogP contribution in [0.4, 0.5) is 5.69 Å². The minimum absolute atomic E-state index is 0.0487. The number of hydrogen-bond donors (Lipinski definition) is 2. The fraction of sp³-hybridized carbons (Fsp3) is 0.200. The second-order valence-electron chi connectivity index (χ2n) is 5.76. The van der Waals surface area contributed by atoms with E-state index in [2.05, 4.69) is 15.4 Å². The molecule has 0 saturated heterocycles. The average molecular weight is 419 g/mol. The number of methoxy groups -OCH3 is 1. The summed E-state index contributed by atoms with van der Waals surface area (Å²) in [6.07, 6.45) is -0.106. The molecule has 0 aliphatic heterocycles. The minimum Gasteiger partial charge on any atom is -0.465 e. The Kier molecular flexibility index (Phi) is 8.17. The third-order valence-corrected chi connectivity index (χ3v) is 3.94. The van der Waals surface area contributed by atoms with Crippen LogP contribution in [-0.2, 0) is 19.1 Å². The van der Waals surface area contributed by atoms with E-state index in [1.54, 1.807) is 36.4 Å². The number of amides is 2. The molecule has 2 N–H and O–H groups in total. The molecule has 0 spiro atoms. The first-order valence-electron chi connectivity index (χ1n) is 8.57. The van der Waals surface area contributed by atoms with E-state index in [1.165, 1.54) is 19.2 Å². The van der Waals surface area contributed by atoms with E-state index < -0.39 is 24.5 Å². The van der Waals surface area contributed by atoms with E-state index in [-0.39, 0.29) is 30.1 Å². The highest BCUT2D eigenvalue weighted by Crippen LogP contribution is 2.15. The van der Waals surface area contributed by atoms with Crippen LogP contribution in [0, 0.1) is 0 Å². The van der Waals surface area contributed by atoms with Crippen molar-refractivity contribution in [1.29, 1.82) is 0 Å². The number of para-hydroxylation sites is 1. The number of carbonyl (C=O) groups excluding carboxylic acids is 4. The molecule has 0 aliphatic rings. The van der Waals surface area contributed by atoms with Crippen molar-refractivity contribution in [1.82, 2.24) is 5.32 Å². The second kappa shape index (κ2) is 10.8. The Labute approximate surface area is 172 Å². The van der Waals surface area contributed by atoms with Crippen molar-refractivity contribution in [3.63, 3.8) is 0 Å². The van der Waals surface area contributed by atoms with Gasteiger partial charge in [-0.2, -0.15) is 0 Å². The molecular weight excluding hydrogens is 400 g/mol. The molecule has 8 nitrogen and oxygen atoms in total. The number of nitrogens with one attached hydrogen (secondary N) is 2. The standard InChI is InChI=1S/C20H19ClN2O6/c1-28-20(27)15-4-2-3-5-16(15)23-17(24)12-29-18(25)10-11-22-19(26)13-6-8-14(21)9-7-13/h2-9H,10-12H2,1H3,(H,22,26)(H,23,24). The number of carbonyl (C=O) groups is 4. The number of benzene rings is 2. The van der Waals surface area contributed by atoms with E-state index >= 15 is 0 Å². The van der Waals surface area contributed by atoms with Gasteiger partial charge in [0.1, 0.15) is 0 Å². The summed E-state index contributed by atoms with van der Waals surface area (Å²) in [5, 5.41) is 5.56. The van der Waals surface area contributed by atoms with E-state index in [0.717, 1.165) is 0 Å². The largest absolute Gasteiger partial charge is 0.465 e. The van der Waals surface area contributed by atoms with Crippen molar-refractivity contribution >= 4 is 41.0 Å². The summed E-state index contributed by atoms with van der Waals surface area (Å²) >= 11 is 5.76. The summed E-state index contributed by atoms with van der Waals surface area (Å²) in [5.74, 6) is -2.22. The molecule has 0 saturated carbocycles. The topological polar surface area (TPSA) is 111 Å². The van der Waals surface area contributed by atoms with Gasteiger partial charge >= 0.3 is 11.9 Å². The molecule has 2 aromatic carbocycles. The molecule has 29 heavy (non-hydrogen) atoms. The average Bonchev–Trinajstić information content (AvgIpc) is 2.72. The van der Waals surface area contributed by atoms with E-state index in [0.29, 0.717) is 10.6 Å². The first-order valence-corrected chi connectivity index (χ1v) is 8.95. The van der Waals surface area contributed by atoms with Gasteiger partial charge in [0.25, 0.3) is 11.8 Å². The molecule has 0 fully saturated rings. The van der Waals surface area contributed by atoms with Crippen LogP contribution in [0.5, 0.6) is 0 Å². The number of rotatable bonds is 8. The van der Waals surface area contributed by atoms with Gasteiger partial charge in [0, 0.05) is 17.1 Å². The molecule has 0 heterocycles. The van der Waals surface area contributed by atoms with Crippen LogP contribution in [-0.4, -0.2) is 44.0 Å². The van der Waals surface area contributed by atoms with Gasteiger partial charge in [-0.05, 0) is 36.4 Å². The Balaban J connectivity index is 1.74. The Morgan fingerprint density at radius 3 is 2.38 bits per heavy atom. The van der Waals surface area contributed by atoms with Crippen LogP contribution < -0.4 is 10.6 Å². The van der Waals surface area contributed by atoms with Crippen molar-refractivity contribution in [2.45, 2.75) is 6.42 Å². The summed E-state index contributed by atoms with van der Waals surface area (Å²) in [5.41, 5.74) is 0.835. The smallest absolute Gasteiger partial charge is 0.339 e. The van der Waals surface area contributed by atoms with E-state index in [4.69, 9.17) is 16.3 Å². The lowest BCUT2D eigenvalue weighted by molar-refractivity contribution is -0.147. The lowest BCUT2D eigenvalue weighted by Gasteiger charge is -2.10. The summed E-state index contributed by atoms with van der Waals surface area (Å²) in [6.45, 7) is -0.480. The van der Waals surface area contributed by atoms with Crippen molar-refractivity contribution in [3.05, 3.63) is 64.7 Å². The Morgan fingerprint density at radius 2 is 1.69 bits per heavy atom. The van der Waals surface area contributed by atoms with Crippen LogP contribution in [0.15, 0.2) is 48.5 Å². The molecule has 0 unspecified atom stereocenters. The fourth-order valence-electron chi connectivity index (χ4n) is 2.27. The fourth-order valence-corrected chi connectivity index (χ4v) is 2.39. The van der Waals surface area contributed by atoms with Crippen molar-refractivity contribution in [3.8, 4) is 0 Å². The van der Waals surface area contributed by atoms with Crippen LogP contribution in [0.3, 0.4) is 0 Å². The van der Waals surface area contributed by atoms with Crippen molar-refractivity contribution < 1.29 is 28.7 Å². The zero-order chi connectivity index (χ0) is 21.2. The highest BCUT2D eigenvalue weighted by atomic mass is 35.5. The first kappa shape index (κ1) is 21.9. The monoisotopic (exact) mass is 418 g/mol. The maximum Gasteiger partial charge on any atom is 0.339 e. The van der Waals surface area contributed by atoms with Gasteiger partial charge in [0.2, 0.25) is 0 Å². The number of hydrogen-bond acceptors (Lipinski definition) is 6. The van der Waals surface area contributed by atoms with Crippen molar-refractivity contribution in [2.75, 3.05) is 25.6 Å². The number of ether oxygens (including phenoxy) is 2. The van der Waals surface area contributed by atoms with Crippen molar-refractivity contribution in [2.24, 2.45) is 0 Å². The number of esters is 2. The van der Waals surface area contributed by atoms with Crippen LogP contribution in [0.25, 0.3) is 0 Å². The lowest BCUT2D eigenvalue weighted by Crippen LogP contribution is -2.27. The number of halogens is 1. The van der Waals surface area contributed by atoms with Gasteiger partial charge in [-0.3, -0.25) is 14.4 Å². The Hall–Kier alpha value is -3.39. The van der Waals surface area contributed by atoms with Gasteiger partial charge in [-0.1, -0.05) is 23.7 Å².